The zero-order valence-electron chi connectivity index (χ0n) is 16.7. The first-order valence-corrected chi connectivity index (χ1v) is 10.4. The van der Waals surface area contributed by atoms with Crippen LogP contribution in [0, 0.1) is 11.8 Å². The largest absolute Gasteiger partial charge is 0.468 e. The second kappa shape index (κ2) is 9.68. The van der Waals surface area contributed by atoms with Gasteiger partial charge in [-0.05, 0) is 24.0 Å². The van der Waals surface area contributed by atoms with Crippen LogP contribution in [0.1, 0.15) is 33.5 Å². The molecular weight excluding hydrogens is 380 g/mol. The lowest BCUT2D eigenvalue weighted by molar-refractivity contribution is -0.116. The van der Waals surface area contributed by atoms with E-state index in [1.54, 1.807) is 12.3 Å². The summed E-state index contributed by atoms with van der Waals surface area (Å²) in [5.74, 6) is 1.53. The molecule has 0 saturated carbocycles. The molecule has 0 saturated heterocycles. The molecule has 0 aliphatic rings. The lowest BCUT2D eigenvalue weighted by Gasteiger charge is -2.26. The Bertz CT molecular complexity index is 900. The smallest absolute Gasteiger partial charge is 0.330 e. The molecule has 2 aromatic heterocycles. The normalized spacial score (nSPS) is 11.4. The highest BCUT2D eigenvalue weighted by atomic mass is 32.2. The Kier molecular flexibility index (Phi) is 7.56. The van der Waals surface area contributed by atoms with E-state index in [0.29, 0.717) is 18.8 Å². The van der Waals surface area contributed by atoms with Crippen molar-refractivity contribution in [2.45, 2.75) is 40.0 Å². The van der Waals surface area contributed by atoms with Gasteiger partial charge in [0.2, 0.25) is 5.91 Å². The maximum atomic E-state index is 12.9. The van der Waals surface area contributed by atoms with Gasteiger partial charge in [-0.2, -0.15) is 0 Å². The van der Waals surface area contributed by atoms with Crippen molar-refractivity contribution in [1.29, 1.82) is 0 Å². The molecule has 154 valence electrons. The Morgan fingerprint density at radius 2 is 2.00 bits per heavy atom. The summed E-state index contributed by atoms with van der Waals surface area (Å²) in [5.41, 5.74) is 5.01. The van der Waals surface area contributed by atoms with E-state index in [2.05, 4.69) is 4.98 Å². The van der Waals surface area contributed by atoms with E-state index in [-0.39, 0.29) is 35.0 Å². The number of thioether (sulfide) groups is 1. The molecule has 0 aliphatic heterocycles. The number of anilines is 2. The maximum Gasteiger partial charge on any atom is 0.330 e. The molecule has 0 unspecified atom stereocenters. The van der Waals surface area contributed by atoms with E-state index in [1.165, 1.54) is 21.2 Å². The standard InChI is InChI=1S/C19H28N4O4S/c1-12(2)8-22(15(24)11-28-10-14-6-5-7-27-14)16-17(20)23(9-13(3)4)19(26)21-18(16)25/h5-7,12-13H,8-11,20H2,1-4H3,(H,21,25,26). The SMILES string of the molecule is CC(C)CN(C(=O)CSCc1ccco1)c1c(N)n(CC(C)C)c(=O)[nH]c1=O. The van der Waals surface area contributed by atoms with E-state index < -0.39 is 11.2 Å². The van der Waals surface area contributed by atoms with Gasteiger partial charge in [0.05, 0.1) is 17.8 Å². The molecule has 28 heavy (non-hydrogen) atoms. The van der Waals surface area contributed by atoms with Crippen molar-refractivity contribution in [1.82, 2.24) is 9.55 Å². The van der Waals surface area contributed by atoms with Crippen molar-refractivity contribution in [3.63, 3.8) is 0 Å². The highest BCUT2D eigenvalue weighted by Crippen LogP contribution is 2.21. The monoisotopic (exact) mass is 408 g/mol. The minimum Gasteiger partial charge on any atom is -0.468 e. The van der Waals surface area contributed by atoms with Gasteiger partial charge >= 0.3 is 5.69 Å². The molecule has 3 N–H and O–H groups in total. The molecule has 1 amide bonds. The second-order valence-electron chi connectivity index (χ2n) is 7.47. The van der Waals surface area contributed by atoms with Crippen LogP contribution in [0.5, 0.6) is 0 Å². The van der Waals surface area contributed by atoms with Crippen molar-refractivity contribution in [2.24, 2.45) is 11.8 Å². The van der Waals surface area contributed by atoms with Crippen LogP contribution in [0.2, 0.25) is 0 Å². The van der Waals surface area contributed by atoms with Gasteiger partial charge < -0.3 is 15.1 Å². The molecule has 0 aromatic carbocycles. The minimum absolute atomic E-state index is 0.0208. The first-order chi connectivity index (χ1) is 13.2. The Morgan fingerprint density at radius 3 is 2.57 bits per heavy atom. The Morgan fingerprint density at radius 1 is 1.29 bits per heavy atom. The van der Waals surface area contributed by atoms with Gasteiger partial charge in [-0.1, -0.05) is 27.7 Å². The Hall–Kier alpha value is -2.42. The quantitative estimate of drug-likeness (QED) is 0.658. The number of nitrogens with zero attached hydrogens (tertiary/aromatic N) is 2. The number of nitrogens with two attached hydrogens (primary N) is 1. The van der Waals surface area contributed by atoms with Gasteiger partial charge in [0.15, 0.2) is 5.69 Å². The van der Waals surface area contributed by atoms with Gasteiger partial charge in [-0.15, -0.1) is 11.8 Å². The second-order valence-corrected chi connectivity index (χ2v) is 8.45. The van der Waals surface area contributed by atoms with Crippen LogP contribution in [-0.4, -0.2) is 27.8 Å². The lowest BCUT2D eigenvalue weighted by Crippen LogP contribution is -2.43. The number of aromatic amines is 1. The van der Waals surface area contributed by atoms with Crippen LogP contribution in [-0.2, 0) is 17.1 Å². The minimum atomic E-state index is -0.646. The van der Waals surface area contributed by atoms with Crippen molar-refractivity contribution in [3.8, 4) is 0 Å². The number of amides is 1. The zero-order chi connectivity index (χ0) is 20.8. The van der Waals surface area contributed by atoms with E-state index in [4.69, 9.17) is 10.2 Å². The predicted molar refractivity (Wildman–Crippen MR) is 113 cm³/mol. The number of carbonyl (C=O) groups excluding carboxylic acids is 1. The lowest BCUT2D eigenvalue weighted by atomic mass is 10.2. The van der Waals surface area contributed by atoms with Crippen molar-refractivity contribution >= 4 is 29.2 Å². The maximum absolute atomic E-state index is 12.9. The third kappa shape index (κ3) is 5.54. The average Bonchev–Trinajstić information content (AvgIpc) is 3.10. The van der Waals surface area contributed by atoms with Gasteiger partial charge in [-0.25, -0.2) is 4.79 Å². The number of H-pyrrole nitrogens is 1. The number of hydrogen-bond acceptors (Lipinski definition) is 6. The number of furan rings is 1. The fourth-order valence-electron chi connectivity index (χ4n) is 2.78. The third-order valence-electron chi connectivity index (χ3n) is 3.93. The number of hydrogen-bond donors (Lipinski definition) is 2. The predicted octanol–water partition coefficient (Wildman–Crippen LogP) is 2.29. The first-order valence-electron chi connectivity index (χ1n) is 9.23. The van der Waals surface area contributed by atoms with Crippen molar-refractivity contribution in [3.05, 3.63) is 45.0 Å². The summed E-state index contributed by atoms with van der Waals surface area (Å²) >= 11 is 1.39. The van der Waals surface area contributed by atoms with E-state index in [9.17, 15) is 14.4 Å². The molecule has 0 spiro atoms. The molecule has 0 bridgehead atoms. The fourth-order valence-corrected chi connectivity index (χ4v) is 3.58. The van der Waals surface area contributed by atoms with E-state index in [0.717, 1.165) is 5.76 Å². The number of carbonyl (C=O) groups is 1. The first kappa shape index (κ1) is 21.9. The van der Waals surface area contributed by atoms with Gasteiger partial charge in [0.25, 0.3) is 5.56 Å². The zero-order valence-corrected chi connectivity index (χ0v) is 17.5. The Labute approximate surface area is 168 Å². The summed E-state index contributed by atoms with van der Waals surface area (Å²) in [7, 11) is 0. The molecule has 9 heteroatoms. The number of nitrogens with one attached hydrogen (secondary N) is 1. The van der Waals surface area contributed by atoms with E-state index in [1.807, 2.05) is 33.8 Å². The topological polar surface area (TPSA) is 114 Å². The molecule has 0 aliphatic carbocycles. The average molecular weight is 409 g/mol. The van der Waals surface area contributed by atoms with Gasteiger partial charge in [0.1, 0.15) is 11.6 Å². The Balaban J connectivity index is 2.32. The highest BCUT2D eigenvalue weighted by Gasteiger charge is 2.25. The summed E-state index contributed by atoms with van der Waals surface area (Å²) in [5, 5.41) is 0. The third-order valence-corrected chi connectivity index (χ3v) is 4.87. The van der Waals surface area contributed by atoms with Gasteiger partial charge in [-0.3, -0.25) is 19.1 Å². The molecule has 2 rings (SSSR count). The molecule has 2 heterocycles. The van der Waals surface area contributed by atoms with Crippen molar-refractivity contribution < 1.29 is 9.21 Å². The van der Waals surface area contributed by atoms with Crippen LogP contribution < -0.4 is 21.9 Å². The van der Waals surface area contributed by atoms with Crippen molar-refractivity contribution in [2.75, 3.05) is 22.9 Å². The molecule has 2 aromatic rings. The number of nitrogen functional groups attached to an aromatic ring is 1. The van der Waals surface area contributed by atoms with Crippen LogP contribution in [0.3, 0.4) is 0 Å². The number of aromatic nitrogens is 2. The summed E-state index contributed by atoms with van der Waals surface area (Å²) in [6.45, 7) is 8.46. The molecule has 0 atom stereocenters. The number of rotatable bonds is 9. The fraction of sp³-hybridized carbons (Fsp3) is 0.526. The summed E-state index contributed by atoms with van der Waals surface area (Å²) in [6.07, 6.45) is 1.58. The molecule has 8 nitrogen and oxygen atoms in total. The molecule has 0 radical (unpaired) electrons. The summed E-state index contributed by atoms with van der Waals surface area (Å²) in [4.78, 5) is 41.3. The van der Waals surface area contributed by atoms with Crippen LogP contribution >= 0.6 is 11.8 Å². The highest BCUT2D eigenvalue weighted by molar-refractivity contribution is 7.99. The van der Waals surface area contributed by atoms with Gasteiger partial charge in [0, 0.05) is 13.1 Å². The van der Waals surface area contributed by atoms with Crippen LogP contribution in [0.25, 0.3) is 0 Å². The van der Waals surface area contributed by atoms with Crippen LogP contribution in [0.15, 0.2) is 32.4 Å². The summed E-state index contributed by atoms with van der Waals surface area (Å²) < 4.78 is 6.59. The van der Waals surface area contributed by atoms with E-state index >= 15 is 0 Å². The summed E-state index contributed by atoms with van der Waals surface area (Å²) in [6, 6.07) is 3.63. The molecular formula is C19H28N4O4S. The molecule has 0 fully saturated rings. The van der Waals surface area contributed by atoms with Crippen LogP contribution in [0.4, 0.5) is 11.5 Å².